The van der Waals surface area contributed by atoms with Gasteiger partial charge in [0.05, 0.1) is 0 Å². The SMILES string of the molecule is CC(=O)NC[C@H]1CCCN1c1ccccc1. The molecule has 0 radical (unpaired) electrons. The molecule has 1 atom stereocenters. The second kappa shape index (κ2) is 5.01. The molecule has 1 saturated heterocycles. The molecule has 1 aromatic carbocycles. The summed E-state index contributed by atoms with van der Waals surface area (Å²) in [4.78, 5) is 13.3. The van der Waals surface area contributed by atoms with Crippen LogP contribution in [0.4, 0.5) is 5.69 Å². The number of carbonyl (C=O) groups excluding carboxylic acids is 1. The van der Waals surface area contributed by atoms with Gasteiger partial charge in [-0.3, -0.25) is 4.79 Å². The highest BCUT2D eigenvalue weighted by Crippen LogP contribution is 2.24. The maximum absolute atomic E-state index is 10.9. The van der Waals surface area contributed by atoms with E-state index >= 15 is 0 Å². The Labute approximate surface area is 96.5 Å². The Balaban J connectivity index is 2.01. The van der Waals surface area contributed by atoms with Crippen molar-refractivity contribution in [3.05, 3.63) is 30.3 Å². The van der Waals surface area contributed by atoms with E-state index in [9.17, 15) is 4.79 Å². The van der Waals surface area contributed by atoms with Gasteiger partial charge in [-0.1, -0.05) is 18.2 Å². The molecule has 1 fully saturated rings. The number of anilines is 1. The molecule has 2 rings (SSSR count). The number of rotatable bonds is 3. The predicted molar refractivity (Wildman–Crippen MR) is 65.5 cm³/mol. The van der Waals surface area contributed by atoms with Crippen LogP contribution in [0.2, 0.25) is 0 Å². The lowest BCUT2D eigenvalue weighted by Crippen LogP contribution is -2.39. The summed E-state index contributed by atoms with van der Waals surface area (Å²) in [6.45, 7) is 3.42. The molecule has 1 aliphatic heterocycles. The maximum Gasteiger partial charge on any atom is 0.216 e. The van der Waals surface area contributed by atoms with Crippen molar-refractivity contribution in [2.75, 3.05) is 18.0 Å². The Bertz CT molecular complexity index is 350. The molecular weight excluding hydrogens is 200 g/mol. The minimum absolute atomic E-state index is 0.0555. The summed E-state index contributed by atoms with van der Waals surface area (Å²) in [6, 6.07) is 10.9. The second-order valence-electron chi connectivity index (χ2n) is 4.26. The topological polar surface area (TPSA) is 32.3 Å². The first-order chi connectivity index (χ1) is 7.77. The molecule has 0 saturated carbocycles. The highest BCUT2D eigenvalue weighted by Gasteiger charge is 2.24. The number of hydrogen-bond donors (Lipinski definition) is 1. The van der Waals surface area contributed by atoms with Crippen LogP contribution in [-0.4, -0.2) is 25.0 Å². The predicted octanol–water partition coefficient (Wildman–Crippen LogP) is 1.79. The van der Waals surface area contributed by atoms with Crippen LogP contribution in [0.1, 0.15) is 19.8 Å². The fourth-order valence-electron chi connectivity index (χ4n) is 2.27. The van der Waals surface area contributed by atoms with Crippen molar-refractivity contribution in [3.8, 4) is 0 Å². The summed E-state index contributed by atoms with van der Waals surface area (Å²) in [6.07, 6.45) is 2.37. The van der Waals surface area contributed by atoms with Crippen molar-refractivity contribution in [1.82, 2.24) is 5.32 Å². The standard InChI is InChI=1S/C13H18N2O/c1-11(16)14-10-13-8-5-9-15(13)12-6-3-2-4-7-12/h2-4,6-7,13H,5,8-10H2,1H3,(H,14,16)/t13-/m1/s1. The van der Waals surface area contributed by atoms with Gasteiger partial charge in [0, 0.05) is 31.7 Å². The summed E-state index contributed by atoms with van der Waals surface area (Å²) in [7, 11) is 0. The van der Waals surface area contributed by atoms with E-state index in [1.807, 2.05) is 6.07 Å². The number of hydrogen-bond acceptors (Lipinski definition) is 2. The molecule has 1 N–H and O–H groups in total. The van der Waals surface area contributed by atoms with Crippen LogP contribution in [0, 0.1) is 0 Å². The van der Waals surface area contributed by atoms with Gasteiger partial charge < -0.3 is 10.2 Å². The lowest BCUT2D eigenvalue weighted by atomic mass is 10.2. The van der Waals surface area contributed by atoms with Crippen molar-refractivity contribution in [2.24, 2.45) is 0 Å². The van der Waals surface area contributed by atoms with E-state index < -0.39 is 0 Å². The Hall–Kier alpha value is -1.51. The molecule has 1 heterocycles. The van der Waals surface area contributed by atoms with Gasteiger partial charge in [0.1, 0.15) is 0 Å². The molecule has 0 spiro atoms. The molecule has 0 aliphatic carbocycles. The average Bonchev–Trinajstić information content (AvgIpc) is 2.75. The number of nitrogens with one attached hydrogen (secondary N) is 1. The zero-order valence-corrected chi connectivity index (χ0v) is 9.65. The quantitative estimate of drug-likeness (QED) is 0.839. The Morgan fingerprint density at radius 2 is 2.19 bits per heavy atom. The summed E-state index contributed by atoms with van der Waals surface area (Å²) < 4.78 is 0. The highest BCUT2D eigenvalue weighted by atomic mass is 16.1. The monoisotopic (exact) mass is 218 g/mol. The lowest BCUT2D eigenvalue weighted by molar-refractivity contribution is -0.119. The maximum atomic E-state index is 10.9. The first-order valence-corrected chi connectivity index (χ1v) is 5.83. The van der Waals surface area contributed by atoms with Gasteiger partial charge in [-0.15, -0.1) is 0 Å². The molecule has 1 aromatic rings. The average molecular weight is 218 g/mol. The molecule has 1 amide bonds. The largest absolute Gasteiger partial charge is 0.367 e. The Morgan fingerprint density at radius 1 is 1.44 bits per heavy atom. The number of para-hydroxylation sites is 1. The van der Waals surface area contributed by atoms with Crippen LogP contribution in [0.3, 0.4) is 0 Å². The van der Waals surface area contributed by atoms with E-state index in [1.165, 1.54) is 12.1 Å². The van der Waals surface area contributed by atoms with Crippen molar-refractivity contribution >= 4 is 11.6 Å². The fraction of sp³-hybridized carbons (Fsp3) is 0.462. The third-order valence-electron chi connectivity index (χ3n) is 3.05. The molecule has 16 heavy (non-hydrogen) atoms. The van der Waals surface area contributed by atoms with E-state index in [0.717, 1.165) is 19.5 Å². The zero-order valence-electron chi connectivity index (χ0n) is 9.65. The third kappa shape index (κ3) is 2.54. The van der Waals surface area contributed by atoms with Gasteiger partial charge in [-0.05, 0) is 25.0 Å². The number of amides is 1. The smallest absolute Gasteiger partial charge is 0.216 e. The van der Waals surface area contributed by atoms with Gasteiger partial charge in [-0.2, -0.15) is 0 Å². The van der Waals surface area contributed by atoms with E-state index in [0.29, 0.717) is 6.04 Å². The van der Waals surface area contributed by atoms with Gasteiger partial charge in [0.15, 0.2) is 0 Å². The molecular formula is C13H18N2O. The van der Waals surface area contributed by atoms with Crippen LogP contribution < -0.4 is 10.2 Å². The first-order valence-electron chi connectivity index (χ1n) is 5.83. The highest BCUT2D eigenvalue weighted by molar-refractivity contribution is 5.72. The fourth-order valence-corrected chi connectivity index (χ4v) is 2.27. The van der Waals surface area contributed by atoms with Crippen molar-refractivity contribution in [1.29, 1.82) is 0 Å². The molecule has 0 aromatic heterocycles. The molecule has 0 unspecified atom stereocenters. The summed E-state index contributed by atoms with van der Waals surface area (Å²) in [5.41, 5.74) is 1.26. The summed E-state index contributed by atoms with van der Waals surface area (Å²) in [5.74, 6) is 0.0555. The van der Waals surface area contributed by atoms with E-state index in [2.05, 4.69) is 34.5 Å². The normalized spacial score (nSPS) is 19.8. The number of nitrogens with zero attached hydrogens (tertiary/aromatic N) is 1. The second-order valence-corrected chi connectivity index (χ2v) is 4.26. The van der Waals surface area contributed by atoms with E-state index in [-0.39, 0.29) is 5.91 Å². The summed E-state index contributed by atoms with van der Waals surface area (Å²) >= 11 is 0. The van der Waals surface area contributed by atoms with Crippen LogP contribution in [0.25, 0.3) is 0 Å². The van der Waals surface area contributed by atoms with Crippen LogP contribution in [0.15, 0.2) is 30.3 Å². The van der Waals surface area contributed by atoms with Crippen molar-refractivity contribution in [3.63, 3.8) is 0 Å². The van der Waals surface area contributed by atoms with Crippen LogP contribution in [0.5, 0.6) is 0 Å². The first kappa shape index (κ1) is 11.0. The lowest BCUT2D eigenvalue weighted by Gasteiger charge is -2.26. The van der Waals surface area contributed by atoms with Crippen LogP contribution >= 0.6 is 0 Å². The van der Waals surface area contributed by atoms with E-state index in [1.54, 1.807) is 6.92 Å². The minimum atomic E-state index is 0.0555. The molecule has 86 valence electrons. The third-order valence-corrected chi connectivity index (χ3v) is 3.05. The Morgan fingerprint density at radius 3 is 2.88 bits per heavy atom. The van der Waals surface area contributed by atoms with Gasteiger partial charge in [0.2, 0.25) is 5.91 Å². The molecule has 1 aliphatic rings. The van der Waals surface area contributed by atoms with Crippen LogP contribution in [-0.2, 0) is 4.79 Å². The zero-order chi connectivity index (χ0) is 11.4. The molecule has 3 nitrogen and oxygen atoms in total. The Kier molecular flexibility index (Phi) is 3.44. The molecule has 0 bridgehead atoms. The van der Waals surface area contributed by atoms with E-state index in [4.69, 9.17) is 0 Å². The molecule has 3 heteroatoms. The minimum Gasteiger partial charge on any atom is -0.367 e. The van der Waals surface area contributed by atoms with Crippen molar-refractivity contribution < 1.29 is 4.79 Å². The van der Waals surface area contributed by atoms with Gasteiger partial charge >= 0.3 is 0 Å². The van der Waals surface area contributed by atoms with Gasteiger partial charge in [-0.25, -0.2) is 0 Å². The summed E-state index contributed by atoms with van der Waals surface area (Å²) in [5, 5.41) is 2.91. The number of benzene rings is 1. The van der Waals surface area contributed by atoms with Crippen molar-refractivity contribution in [2.45, 2.75) is 25.8 Å². The van der Waals surface area contributed by atoms with Gasteiger partial charge in [0.25, 0.3) is 0 Å². The number of carbonyl (C=O) groups is 1.